The van der Waals surface area contributed by atoms with E-state index in [1.807, 2.05) is 13.1 Å². The van der Waals surface area contributed by atoms with Crippen LogP contribution in [-0.2, 0) is 12.6 Å². The molecule has 0 aliphatic rings. The summed E-state index contributed by atoms with van der Waals surface area (Å²) in [6.45, 7) is 6.43. The Bertz CT molecular complexity index is 775. The van der Waals surface area contributed by atoms with Crippen LogP contribution in [0.5, 0.6) is 0 Å². The fourth-order valence-electron chi connectivity index (χ4n) is 2.41. The summed E-state index contributed by atoms with van der Waals surface area (Å²) in [4.78, 5) is 8.83. The lowest BCUT2D eigenvalue weighted by molar-refractivity contribution is 0.413. The Labute approximate surface area is 117 Å². The van der Waals surface area contributed by atoms with Crippen molar-refractivity contribution in [2.24, 2.45) is 7.05 Å². The molecule has 0 bridgehead atoms. The fraction of sp³-hybridized carbons (Fsp3) is 0.357. The molecule has 0 spiro atoms. The molecular formula is C14H18N6. The zero-order valence-electron chi connectivity index (χ0n) is 12.1. The fourth-order valence-corrected chi connectivity index (χ4v) is 2.41. The van der Waals surface area contributed by atoms with Gasteiger partial charge in [-0.25, -0.2) is 4.98 Å². The second-order valence-corrected chi connectivity index (χ2v) is 5.87. The van der Waals surface area contributed by atoms with E-state index in [0.29, 0.717) is 5.82 Å². The largest absolute Gasteiger partial charge is 0.383 e. The van der Waals surface area contributed by atoms with E-state index >= 15 is 0 Å². The van der Waals surface area contributed by atoms with Crippen LogP contribution in [0, 0.1) is 0 Å². The molecule has 0 aliphatic heterocycles. The quantitative estimate of drug-likeness (QED) is 0.735. The molecule has 0 aliphatic carbocycles. The minimum Gasteiger partial charge on any atom is -0.383 e. The standard InChI is InChI=1S/C14H18N6/c1-14(2,3)20-11-5-6-16-8-10(11)18-13(20)9-7-17-19(4)12(9)15/h5-8H,15H2,1-4H3. The molecule has 0 aromatic carbocycles. The van der Waals surface area contributed by atoms with Gasteiger partial charge in [-0.3, -0.25) is 9.67 Å². The summed E-state index contributed by atoms with van der Waals surface area (Å²) in [7, 11) is 1.82. The molecule has 3 aromatic rings. The Morgan fingerprint density at radius 2 is 1.95 bits per heavy atom. The Hall–Kier alpha value is -2.37. The number of aryl methyl sites for hydroxylation is 1. The summed E-state index contributed by atoms with van der Waals surface area (Å²) in [5.41, 5.74) is 8.74. The lowest BCUT2D eigenvalue weighted by atomic mass is 10.1. The molecule has 0 unspecified atom stereocenters. The van der Waals surface area contributed by atoms with Gasteiger partial charge in [0.1, 0.15) is 17.2 Å². The summed E-state index contributed by atoms with van der Waals surface area (Å²) in [5.74, 6) is 1.44. The molecule has 0 atom stereocenters. The number of rotatable bonds is 1. The molecule has 0 amide bonds. The highest BCUT2D eigenvalue weighted by atomic mass is 15.3. The highest BCUT2D eigenvalue weighted by Crippen LogP contribution is 2.32. The summed E-state index contributed by atoms with van der Waals surface area (Å²) in [6.07, 6.45) is 5.31. The number of hydrogen-bond acceptors (Lipinski definition) is 4. The number of nitrogens with zero attached hydrogens (tertiary/aromatic N) is 5. The normalized spacial score (nSPS) is 12.2. The van der Waals surface area contributed by atoms with E-state index in [-0.39, 0.29) is 5.54 Å². The summed E-state index contributed by atoms with van der Waals surface area (Å²) < 4.78 is 3.83. The molecule has 2 N–H and O–H groups in total. The molecule has 3 heterocycles. The number of nitrogen functional groups attached to an aromatic ring is 1. The van der Waals surface area contributed by atoms with Crippen LogP contribution in [-0.4, -0.2) is 24.3 Å². The molecule has 0 saturated carbocycles. The molecule has 3 aromatic heterocycles. The van der Waals surface area contributed by atoms with E-state index in [1.165, 1.54) is 0 Å². The molecule has 104 valence electrons. The van der Waals surface area contributed by atoms with Crippen LogP contribution in [0.1, 0.15) is 20.8 Å². The van der Waals surface area contributed by atoms with Gasteiger partial charge in [-0.05, 0) is 26.8 Å². The number of nitrogens with two attached hydrogens (primary N) is 1. The van der Waals surface area contributed by atoms with E-state index < -0.39 is 0 Å². The summed E-state index contributed by atoms with van der Waals surface area (Å²) >= 11 is 0. The van der Waals surface area contributed by atoms with Gasteiger partial charge in [-0.15, -0.1) is 0 Å². The third-order valence-corrected chi connectivity index (χ3v) is 3.35. The minimum atomic E-state index is -0.117. The maximum Gasteiger partial charge on any atom is 0.147 e. The number of anilines is 1. The van der Waals surface area contributed by atoms with Crippen molar-refractivity contribution in [1.29, 1.82) is 0 Å². The number of hydrogen-bond donors (Lipinski definition) is 1. The lowest BCUT2D eigenvalue weighted by Gasteiger charge is -2.24. The molecule has 0 radical (unpaired) electrons. The average molecular weight is 270 g/mol. The highest BCUT2D eigenvalue weighted by Gasteiger charge is 2.24. The molecule has 6 nitrogen and oxygen atoms in total. The van der Waals surface area contributed by atoms with Crippen LogP contribution in [0.15, 0.2) is 24.7 Å². The monoisotopic (exact) mass is 270 g/mol. The topological polar surface area (TPSA) is 74.5 Å². The van der Waals surface area contributed by atoms with Crippen molar-refractivity contribution in [3.63, 3.8) is 0 Å². The van der Waals surface area contributed by atoms with Gasteiger partial charge in [0.25, 0.3) is 0 Å². The molecule has 3 rings (SSSR count). The van der Waals surface area contributed by atoms with E-state index in [1.54, 1.807) is 23.3 Å². The lowest BCUT2D eigenvalue weighted by Crippen LogP contribution is -2.22. The maximum atomic E-state index is 6.10. The summed E-state index contributed by atoms with van der Waals surface area (Å²) in [6, 6.07) is 1.98. The van der Waals surface area contributed by atoms with Crippen LogP contribution in [0.3, 0.4) is 0 Å². The molecule has 0 saturated heterocycles. The van der Waals surface area contributed by atoms with Gasteiger partial charge in [0, 0.05) is 18.8 Å². The SMILES string of the molecule is Cn1ncc(-c2nc3cnccc3n2C(C)(C)C)c1N. The van der Waals surface area contributed by atoms with Crippen molar-refractivity contribution in [3.05, 3.63) is 24.7 Å². The van der Waals surface area contributed by atoms with Gasteiger partial charge in [0.05, 0.1) is 23.5 Å². The second-order valence-electron chi connectivity index (χ2n) is 5.87. The van der Waals surface area contributed by atoms with Gasteiger partial charge < -0.3 is 10.3 Å². The Balaban J connectivity index is 2.38. The number of imidazole rings is 1. The van der Waals surface area contributed by atoms with Crippen LogP contribution >= 0.6 is 0 Å². The van der Waals surface area contributed by atoms with E-state index in [4.69, 9.17) is 10.7 Å². The van der Waals surface area contributed by atoms with E-state index in [0.717, 1.165) is 22.4 Å². The van der Waals surface area contributed by atoms with Gasteiger partial charge in [0.2, 0.25) is 0 Å². The first-order chi connectivity index (χ1) is 9.39. The Morgan fingerprint density at radius 3 is 2.55 bits per heavy atom. The smallest absolute Gasteiger partial charge is 0.147 e. The number of aromatic nitrogens is 5. The van der Waals surface area contributed by atoms with Crippen LogP contribution in [0.4, 0.5) is 5.82 Å². The van der Waals surface area contributed by atoms with Gasteiger partial charge in [-0.2, -0.15) is 5.10 Å². The third kappa shape index (κ3) is 1.76. The second kappa shape index (κ2) is 4.06. The zero-order valence-corrected chi connectivity index (χ0v) is 12.1. The molecule has 0 fully saturated rings. The first-order valence-electron chi connectivity index (χ1n) is 6.50. The van der Waals surface area contributed by atoms with Crippen molar-refractivity contribution >= 4 is 16.9 Å². The van der Waals surface area contributed by atoms with Crippen LogP contribution in [0.2, 0.25) is 0 Å². The van der Waals surface area contributed by atoms with Crippen molar-refractivity contribution in [2.75, 3.05) is 5.73 Å². The molecule has 6 heteroatoms. The van der Waals surface area contributed by atoms with Crippen LogP contribution in [0.25, 0.3) is 22.4 Å². The van der Waals surface area contributed by atoms with Crippen molar-refractivity contribution in [2.45, 2.75) is 26.3 Å². The first kappa shape index (κ1) is 12.7. The average Bonchev–Trinajstić information content (AvgIpc) is 2.90. The van der Waals surface area contributed by atoms with E-state index in [9.17, 15) is 0 Å². The summed E-state index contributed by atoms with van der Waals surface area (Å²) in [5, 5.41) is 4.21. The zero-order chi connectivity index (χ0) is 14.5. The first-order valence-corrected chi connectivity index (χ1v) is 6.50. The number of fused-ring (bicyclic) bond motifs is 1. The highest BCUT2D eigenvalue weighted by molar-refractivity contribution is 5.82. The minimum absolute atomic E-state index is 0.117. The predicted molar refractivity (Wildman–Crippen MR) is 79.1 cm³/mol. The van der Waals surface area contributed by atoms with Gasteiger partial charge >= 0.3 is 0 Å². The van der Waals surface area contributed by atoms with Crippen molar-refractivity contribution < 1.29 is 0 Å². The third-order valence-electron chi connectivity index (χ3n) is 3.35. The van der Waals surface area contributed by atoms with Crippen LogP contribution < -0.4 is 5.73 Å². The van der Waals surface area contributed by atoms with Crippen molar-refractivity contribution in [1.82, 2.24) is 24.3 Å². The predicted octanol–water partition coefficient (Wildman–Crippen LogP) is 2.17. The maximum absolute atomic E-state index is 6.10. The Morgan fingerprint density at radius 1 is 1.20 bits per heavy atom. The number of pyridine rings is 1. The van der Waals surface area contributed by atoms with Crippen molar-refractivity contribution in [3.8, 4) is 11.4 Å². The van der Waals surface area contributed by atoms with Gasteiger partial charge in [0.15, 0.2) is 0 Å². The molecule has 20 heavy (non-hydrogen) atoms. The molecular weight excluding hydrogens is 252 g/mol. The van der Waals surface area contributed by atoms with E-state index in [2.05, 4.69) is 35.4 Å². The van der Waals surface area contributed by atoms with Gasteiger partial charge in [-0.1, -0.05) is 0 Å². The Kier molecular flexibility index (Phi) is 2.57.